The minimum atomic E-state index is -3.33. The predicted molar refractivity (Wildman–Crippen MR) is 140 cm³/mol. The zero-order valence-corrected chi connectivity index (χ0v) is 22.9. The van der Waals surface area contributed by atoms with E-state index in [4.69, 9.17) is 0 Å². The van der Waals surface area contributed by atoms with Crippen molar-refractivity contribution in [3.63, 3.8) is 0 Å². The van der Waals surface area contributed by atoms with Crippen LogP contribution in [0.2, 0.25) is 0 Å². The Kier molecular flexibility index (Phi) is 7.31. The molecule has 178 valence electrons. The predicted octanol–water partition coefficient (Wildman–Crippen LogP) is 6.05. The molecule has 0 amide bonds. The molecular weight excluding hydrogens is 582 g/mol. The fraction of sp³-hybridized carbons (Fsp3) is 0.308. The van der Waals surface area contributed by atoms with E-state index in [-0.39, 0.29) is 11.5 Å². The van der Waals surface area contributed by atoms with Crippen molar-refractivity contribution < 1.29 is 18.0 Å². The lowest BCUT2D eigenvalue weighted by Gasteiger charge is -2.33. The topological polar surface area (TPSA) is 80.3 Å². The molecule has 8 heteroatoms. The zero-order valence-electron chi connectivity index (χ0n) is 19.0. The van der Waals surface area contributed by atoms with Gasteiger partial charge < -0.3 is 5.32 Å². The van der Waals surface area contributed by atoms with Crippen LogP contribution in [-0.2, 0) is 14.6 Å². The van der Waals surface area contributed by atoms with E-state index >= 15 is 0 Å². The number of nitrogens with one attached hydrogen (secondary N) is 1. The zero-order chi connectivity index (χ0) is 24.6. The van der Waals surface area contributed by atoms with E-state index < -0.39 is 15.8 Å². The van der Waals surface area contributed by atoms with Gasteiger partial charge in [0.2, 0.25) is 0 Å². The van der Waals surface area contributed by atoms with Gasteiger partial charge in [0.05, 0.1) is 16.6 Å². The van der Waals surface area contributed by atoms with Crippen molar-refractivity contribution in [2.75, 3.05) is 5.75 Å². The van der Waals surface area contributed by atoms with Crippen molar-refractivity contribution in [2.45, 2.75) is 45.4 Å². The Morgan fingerprint density at radius 2 is 1.62 bits per heavy atom. The summed E-state index contributed by atoms with van der Waals surface area (Å²) in [6.07, 6.45) is 3.47. The first kappa shape index (κ1) is 25.1. The number of carbonyl (C=O) groups excluding carboxylic acids is 2. The number of benzene rings is 2. The molecule has 34 heavy (non-hydrogen) atoms. The lowest BCUT2D eigenvalue weighted by Crippen LogP contribution is -2.32. The minimum absolute atomic E-state index is 0.0686. The van der Waals surface area contributed by atoms with Gasteiger partial charge in [0.15, 0.2) is 15.6 Å². The molecule has 1 atom stereocenters. The van der Waals surface area contributed by atoms with Gasteiger partial charge in [-0.25, -0.2) is 8.42 Å². The summed E-state index contributed by atoms with van der Waals surface area (Å²) in [6.45, 7) is 3.97. The first-order chi connectivity index (χ1) is 16.1. The van der Waals surface area contributed by atoms with Gasteiger partial charge in [0, 0.05) is 44.3 Å². The SMILES string of the molecule is Cc1ccc(C2C3=C(CCCC3=O)NC3=C2S(=O)(=O)CC3)cc1Br.Cc1ccc(C=O)cc1Br. The fourth-order valence-corrected chi connectivity index (χ4v) is 7.19. The number of sulfone groups is 1. The van der Waals surface area contributed by atoms with E-state index in [2.05, 4.69) is 37.2 Å². The van der Waals surface area contributed by atoms with Gasteiger partial charge in [-0.15, -0.1) is 0 Å². The second-order valence-electron chi connectivity index (χ2n) is 8.77. The average molecular weight is 607 g/mol. The number of Topliss-reactive ketones (excluding diaryl/α,β-unsaturated/α-hetero) is 1. The van der Waals surface area contributed by atoms with Crippen LogP contribution >= 0.6 is 31.9 Å². The van der Waals surface area contributed by atoms with Crippen LogP contribution in [0.4, 0.5) is 0 Å². The van der Waals surface area contributed by atoms with Gasteiger partial charge in [-0.3, -0.25) is 9.59 Å². The van der Waals surface area contributed by atoms with Crippen LogP contribution in [0.3, 0.4) is 0 Å². The van der Waals surface area contributed by atoms with Crippen molar-refractivity contribution in [3.8, 4) is 0 Å². The molecular formula is C26H25Br2NO4S. The molecule has 2 heterocycles. The number of aldehydes is 1. The van der Waals surface area contributed by atoms with Crippen LogP contribution in [0.15, 0.2) is 67.2 Å². The summed E-state index contributed by atoms with van der Waals surface area (Å²) in [5.41, 5.74) is 6.16. The highest BCUT2D eigenvalue weighted by atomic mass is 79.9. The molecule has 0 fully saturated rings. The van der Waals surface area contributed by atoms with Gasteiger partial charge in [0.1, 0.15) is 6.29 Å². The molecule has 0 spiro atoms. The summed E-state index contributed by atoms with van der Waals surface area (Å²) < 4.78 is 27.3. The van der Waals surface area contributed by atoms with Crippen LogP contribution < -0.4 is 5.32 Å². The average Bonchev–Trinajstić information content (AvgIpc) is 3.11. The first-order valence-electron chi connectivity index (χ1n) is 11.1. The van der Waals surface area contributed by atoms with E-state index in [9.17, 15) is 18.0 Å². The second kappa shape index (κ2) is 9.91. The molecule has 0 radical (unpaired) electrons. The monoisotopic (exact) mass is 605 g/mol. The highest BCUT2D eigenvalue weighted by molar-refractivity contribution is 9.10. The van der Waals surface area contributed by atoms with Gasteiger partial charge in [-0.2, -0.15) is 0 Å². The number of ketones is 1. The Bertz CT molecular complexity index is 1360. The second-order valence-corrected chi connectivity index (χ2v) is 12.6. The first-order valence-corrected chi connectivity index (χ1v) is 14.3. The van der Waals surface area contributed by atoms with Crippen LogP contribution in [0.1, 0.15) is 58.6 Å². The number of dihydropyridines is 1. The van der Waals surface area contributed by atoms with Crippen LogP contribution in [0.25, 0.3) is 0 Å². The molecule has 0 saturated heterocycles. The molecule has 3 aliphatic rings. The van der Waals surface area contributed by atoms with Crippen molar-refractivity contribution in [1.29, 1.82) is 0 Å². The molecule has 2 aromatic carbocycles. The summed E-state index contributed by atoms with van der Waals surface area (Å²) >= 11 is 6.86. The van der Waals surface area contributed by atoms with Crippen molar-refractivity contribution in [2.24, 2.45) is 0 Å². The number of carbonyl (C=O) groups is 2. The van der Waals surface area contributed by atoms with Gasteiger partial charge in [-0.05, 0) is 55.5 Å². The number of aryl methyl sites for hydroxylation is 2. The van der Waals surface area contributed by atoms with E-state index in [1.807, 2.05) is 44.2 Å². The van der Waals surface area contributed by atoms with Gasteiger partial charge in [-0.1, -0.05) is 56.1 Å². The smallest absolute Gasteiger partial charge is 0.177 e. The lowest BCUT2D eigenvalue weighted by atomic mass is 9.79. The summed E-state index contributed by atoms with van der Waals surface area (Å²) in [5.74, 6) is -0.268. The van der Waals surface area contributed by atoms with E-state index in [0.717, 1.165) is 56.2 Å². The Balaban J connectivity index is 0.000000231. The molecule has 1 unspecified atom stereocenters. The largest absolute Gasteiger partial charge is 0.361 e. The lowest BCUT2D eigenvalue weighted by molar-refractivity contribution is -0.116. The standard InChI is InChI=1S/C18H18BrNO3S.C8H7BrO/c1-10-5-6-11(9-12(10)19)16-17-13(3-2-4-15(17)21)20-14-7-8-24(22,23)18(14)16;1-6-2-3-7(5-10)4-8(6)9/h5-6,9,16,20H,2-4,7-8H2,1H3;2-5H,1H3. The molecule has 2 aliphatic heterocycles. The normalized spacial score (nSPS) is 20.7. The van der Waals surface area contributed by atoms with E-state index in [0.29, 0.717) is 28.9 Å². The highest BCUT2D eigenvalue weighted by Gasteiger charge is 2.44. The molecule has 2 aromatic rings. The Hall–Kier alpha value is -2.03. The molecule has 0 saturated carbocycles. The number of hydrogen-bond donors (Lipinski definition) is 1. The third kappa shape index (κ3) is 4.86. The molecule has 0 aromatic heterocycles. The maximum absolute atomic E-state index is 12.7. The highest BCUT2D eigenvalue weighted by Crippen LogP contribution is 2.47. The van der Waals surface area contributed by atoms with Gasteiger partial charge >= 0.3 is 0 Å². The van der Waals surface area contributed by atoms with Crippen LogP contribution in [0, 0.1) is 13.8 Å². The van der Waals surface area contributed by atoms with E-state index in [1.165, 1.54) is 0 Å². The summed E-state index contributed by atoms with van der Waals surface area (Å²) in [6, 6.07) is 11.4. The van der Waals surface area contributed by atoms with Gasteiger partial charge in [0.25, 0.3) is 0 Å². The van der Waals surface area contributed by atoms with Crippen molar-refractivity contribution in [3.05, 3.63) is 89.5 Å². The van der Waals surface area contributed by atoms with Crippen molar-refractivity contribution in [1.82, 2.24) is 5.32 Å². The molecule has 1 aliphatic carbocycles. The number of rotatable bonds is 2. The van der Waals surface area contributed by atoms with Crippen LogP contribution in [0.5, 0.6) is 0 Å². The number of halogens is 2. The summed E-state index contributed by atoms with van der Waals surface area (Å²) in [7, 11) is -3.33. The third-order valence-electron chi connectivity index (χ3n) is 6.42. The number of hydrogen-bond acceptors (Lipinski definition) is 5. The quantitative estimate of drug-likeness (QED) is 0.421. The molecule has 1 N–H and O–H groups in total. The number of allylic oxidation sites excluding steroid dienone is 4. The molecule has 5 rings (SSSR count). The Morgan fingerprint density at radius 3 is 2.26 bits per heavy atom. The minimum Gasteiger partial charge on any atom is -0.361 e. The molecule has 0 bridgehead atoms. The summed E-state index contributed by atoms with van der Waals surface area (Å²) in [4.78, 5) is 23.3. The fourth-order valence-electron chi connectivity index (χ4n) is 4.57. The van der Waals surface area contributed by atoms with Crippen LogP contribution in [-0.4, -0.2) is 26.2 Å². The van der Waals surface area contributed by atoms with Crippen molar-refractivity contribution >= 4 is 53.8 Å². The maximum atomic E-state index is 12.7. The Labute approximate surface area is 216 Å². The molecule has 5 nitrogen and oxygen atoms in total. The summed E-state index contributed by atoms with van der Waals surface area (Å²) in [5, 5.41) is 3.28. The Morgan fingerprint density at radius 1 is 0.941 bits per heavy atom. The maximum Gasteiger partial charge on any atom is 0.177 e. The van der Waals surface area contributed by atoms with E-state index in [1.54, 1.807) is 6.07 Å². The third-order valence-corrected chi connectivity index (χ3v) is 10.0.